The number of aromatic nitrogens is 2. The van der Waals surface area contributed by atoms with Crippen LogP contribution in [0.2, 0.25) is 0 Å². The van der Waals surface area contributed by atoms with Crippen LogP contribution in [0.1, 0.15) is 42.1 Å². The predicted molar refractivity (Wildman–Crippen MR) is 112 cm³/mol. The van der Waals surface area contributed by atoms with Crippen molar-refractivity contribution in [2.45, 2.75) is 45.8 Å². The van der Waals surface area contributed by atoms with Gasteiger partial charge in [0.25, 0.3) is 0 Å². The molecular weight excluding hydrogens is 404 g/mol. The fourth-order valence-electron chi connectivity index (χ4n) is 4.05. The Morgan fingerprint density at radius 2 is 1.81 bits per heavy atom. The van der Waals surface area contributed by atoms with E-state index in [2.05, 4.69) is 23.7 Å². The summed E-state index contributed by atoms with van der Waals surface area (Å²) >= 11 is 0. The molecule has 4 rings (SSSR count). The molecule has 2 heterocycles. The van der Waals surface area contributed by atoms with E-state index in [1.54, 1.807) is 36.4 Å². The van der Waals surface area contributed by atoms with Gasteiger partial charge in [-0.05, 0) is 43.7 Å². The van der Waals surface area contributed by atoms with E-state index in [1.165, 1.54) is 0 Å². The number of hydrogen-bond donors (Lipinski definition) is 0. The van der Waals surface area contributed by atoms with Crippen LogP contribution in [-0.4, -0.2) is 45.7 Å². The molecule has 2 atom stereocenters. The molecule has 6 nitrogen and oxygen atoms in total. The number of carbonyl (C=O) groups is 1. The van der Waals surface area contributed by atoms with Gasteiger partial charge >= 0.3 is 12.5 Å². The molecule has 8 heteroatoms. The Labute approximate surface area is 179 Å². The van der Waals surface area contributed by atoms with E-state index in [0.29, 0.717) is 16.6 Å². The minimum atomic E-state index is -2.77. The second kappa shape index (κ2) is 9.11. The highest BCUT2D eigenvalue weighted by Crippen LogP contribution is 2.24. The monoisotopic (exact) mass is 429 g/mol. The van der Waals surface area contributed by atoms with Gasteiger partial charge in [0, 0.05) is 19.6 Å². The molecule has 0 N–H and O–H groups in total. The van der Waals surface area contributed by atoms with Crippen molar-refractivity contribution in [3.05, 3.63) is 65.5 Å². The zero-order valence-corrected chi connectivity index (χ0v) is 17.5. The lowest BCUT2D eigenvalue weighted by atomic mass is 10.1. The molecule has 0 aliphatic carbocycles. The zero-order valence-electron chi connectivity index (χ0n) is 17.5. The maximum Gasteiger partial charge on any atom is 0.338 e. The molecule has 1 fully saturated rings. The van der Waals surface area contributed by atoms with Crippen LogP contribution in [0.25, 0.3) is 11.0 Å². The first kappa shape index (κ1) is 21.4. The highest BCUT2D eigenvalue weighted by Gasteiger charge is 2.22. The summed E-state index contributed by atoms with van der Waals surface area (Å²) in [6, 6.07) is 13.8. The van der Waals surface area contributed by atoms with Gasteiger partial charge in [-0.25, -0.2) is 9.78 Å². The number of rotatable bonds is 6. The van der Waals surface area contributed by atoms with Crippen LogP contribution < -0.4 is 0 Å². The molecule has 2 aromatic carbocycles. The maximum absolute atomic E-state index is 13.5. The number of esters is 1. The Kier molecular flexibility index (Phi) is 6.29. The van der Waals surface area contributed by atoms with Crippen molar-refractivity contribution >= 4 is 17.0 Å². The van der Waals surface area contributed by atoms with Crippen molar-refractivity contribution in [2.24, 2.45) is 0 Å². The summed E-state index contributed by atoms with van der Waals surface area (Å²) in [7, 11) is 0. The summed E-state index contributed by atoms with van der Waals surface area (Å²) < 4.78 is 38.8. The lowest BCUT2D eigenvalue weighted by Gasteiger charge is -2.35. The van der Waals surface area contributed by atoms with E-state index in [4.69, 9.17) is 9.47 Å². The van der Waals surface area contributed by atoms with Crippen LogP contribution in [0.3, 0.4) is 0 Å². The first-order chi connectivity index (χ1) is 14.9. The van der Waals surface area contributed by atoms with E-state index in [-0.39, 0.29) is 24.6 Å². The lowest BCUT2D eigenvalue weighted by molar-refractivity contribution is -0.0704. The van der Waals surface area contributed by atoms with E-state index in [0.717, 1.165) is 29.8 Å². The Morgan fingerprint density at radius 3 is 2.48 bits per heavy atom. The molecule has 2 unspecified atom stereocenters. The average Bonchev–Trinajstić information content (AvgIpc) is 3.10. The van der Waals surface area contributed by atoms with Gasteiger partial charge in [0.05, 0.1) is 28.8 Å². The second-order valence-corrected chi connectivity index (χ2v) is 7.89. The third kappa shape index (κ3) is 4.91. The number of imidazole rings is 1. The number of nitrogens with zero attached hydrogens (tertiary/aromatic N) is 3. The van der Waals surface area contributed by atoms with Gasteiger partial charge in [-0.15, -0.1) is 0 Å². The van der Waals surface area contributed by atoms with Crippen molar-refractivity contribution in [1.29, 1.82) is 0 Å². The molecule has 3 aromatic rings. The fourth-order valence-corrected chi connectivity index (χ4v) is 4.05. The van der Waals surface area contributed by atoms with Gasteiger partial charge in [0.1, 0.15) is 6.61 Å². The summed E-state index contributed by atoms with van der Waals surface area (Å²) in [5, 5.41) is 0. The summed E-state index contributed by atoms with van der Waals surface area (Å²) in [6.45, 7) is 3.51. The number of fused-ring (bicyclic) bond motifs is 1. The molecule has 0 bridgehead atoms. The van der Waals surface area contributed by atoms with Crippen molar-refractivity contribution in [1.82, 2.24) is 14.5 Å². The number of halogens is 2. The summed E-state index contributed by atoms with van der Waals surface area (Å²) in [5.74, 6) is -0.565. The highest BCUT2D eigenvalue weighted by molar-refractivity contribution is 5.89. The van der Waals surface area contributed by atoms with E-state index < -0.39 is 12.5 Å². The molecule has 31 heavy (non-hydrogen) atoms. The second-order valence-electron chi connectivity index (χ2n) is 7.89. The van der Waals surface area contributed by atoms with Crippen LogP contribution in [0, 0.1) is 0 Å². The first-order valence-corrected chi connectivity index (χ1v) is 10.3. The summed E-state index contributed by atoms with van der Waals surface area (Å²) in [4.78, 5) is 18.9. The fraction of sp³-hybridized carbons (Fsp3) is 0.391. The molecule has 0 amide bonds. The Hall–Kier alpha value is -2.84. The van der Waals surface area contributed by atoms with Crippen LogP contribution in [0.15, 0.2) is 48.5 Å². The lowest BCUT2D eigenvalue weighted by Crippen LogP contribution is -2.44. The SMILES string of the molecule is CC1CN(Cc2ccc(C(=O)OCc3nc4ccccc4n3C(F)F)cc2)CC(C)O1. The highest BCUT2D eigenvalue weighted by atomic mass is 19.3. The van der Waals surface area contributed by atoms with Crippen LogP contribution >= 0.6 is 0 Å². The van der Waals surface area contributed by atoms with Crippen LogP contribution in [0.5, 0.6) is 0 Å². The summed E-state index contributed by atoms with van der Waals surface area (Å²) in [5.41, 5.74) is 2.19. The number of benzene rings is 2. The molecule has 1 aliphatic heterocycles. The quantitative estimate of drug-likeness (QED) is 0.544. The summed E-state index contributed by atoms with van der Waals surface area (Å²) in [6.07, 6.45) is 0.380. The number of ether oxygens (including phenoxy) is 2. The van der Waals surface area contributed by atoms with Crippen LogP contribution in [-0.2, 0) is 22.6 Å². The largest absolute Gasteiger partial charge is 0.454 e. The van der Waals surface area contributed by atoms with Crippen molar-refractivity contribution in [2.75, 3.05) is 13.1 Å². The van der Waals surface area contributed by atoms with Gasteiger partial charge in [-0.2, -0.15) is 8.78 Å². The van der Waals surface area contributed by atoms with Gasteiger partial charge in [0.15, 0.2) is 5.82 Å². The van der Waals surface area contributed by atoms with E-state index in [9.17, 15) is 13.6 Å². The van der Waals surface area contributed by atoms with Crippen LogP contribution in [0.4, 0.5) is 8.78 Å². The number of morpholine rings is 1. The predicted octanol–water partition coefficient (Wildman–Crippen LogP) is 4.40. The molecule has 1 saturated heterocycles. The minimum absolute atomic E-state index is 0.0109. The third-order valence-electron chi connectivity index (χ3n) is 5.29. The van der Waals surface area contributed by atoms with Crippen molar-refractivity contribution in [3.63, 3.8) is 0 Å². The molecule has 164 valence electrons. The third-order valence-corrected chi connectivity index (χ3v) is 5.29. The number of hydrogen-bond acceptors (Lipinski definition) is 5. The van der Waals surface area contributed by atoms with Gasteiger partial charge in [0.2, 0.25) is 0 Å². The first-order valence-electron chi connectivity index (χ1n) is 10.3. The van der Waals surface area contributed by atoms with E-state index in [1.807, 2.05) is 12.1 Å². The topological polar surface area (TPSA) is 56.6 Å². The molecule has 0 spiro atoms. The van der Waals surface area contributed by atoms with Gasteiger partial charge < -0.3 is 9.47 Å². The zero-order chi connectivity index (χ0) is 22.0. The molecule has 0 radical (unpaired) electrons. The number of alkyl halides is 2. The van der Waals surface area contributed by atoms with Gasteiger partial charge in [-0.1, -0.05) is 24.3 Å². The number of para-hydroxylation sites is 2. The molecule has 0 saturated carbocycles. The smallest absolute Gasteiger partial charge is 0.338 e. The normalized spacial score (nSPS) is 19.8. The molecule has 1 aromatic heterocycles. The maximum atomic E-state index is 13.5. The Balaban J connectivity index is 1.39. The Bertz CT molecular complexity index is 1040. The minimum Gasteiger partial charge on any atom is -0.454 e. The average molecular weight is 429 g/mol. The van der Waals surface area contributed by atoms with E-state index >= 15 is 0 Å². The van der Waals surface area contributed by atoms with Crippen molar-refractivity contribution < 1.29 is 23.0 Å². The van der Waals surface area contributed by atoms with Crippen molar-refractivity contribution in [3.8, 4) is 0 Å². The number of carbonyl (C=O) groups excluding carboxylic acids is 1. The standard InChI is InChI=1S/C23H25F2N3O3/c1-15-11-27(12-16(2)31-15)13-17-7-9-18(10-8-17)22(29)30-14-21-26-19-5-3-4-6-20(19)28(21)23(24)25/h3-10,15-16,23H,11-14H2,1-2H3. The molecular formula is C23H25F2N3O3. The Morgan fingerprint density at radius 1 is 1.13 bits per heavy atom. The molecule has 1 aliphatic rings. The van der Waals surface area contributed by atoms with Gasteiger partial charge in [-0.3, -0.25) is 9.47 Å².